The number of carbonyl (C=O) groups excluding carboxylic acids is 1. The third-order valence-corrected chi connectivity index (χ3v) is 4.29. The molecule has 0 fully saturated rings. The van der Waals surface area contributed by atoms with Crippen LogP contribution in [0.4, 0.5) is 0 Å². The Hall–Kier alpha value is -1.66. The Morgan fingerprint density at radius 2 is 1.75 bits per heavy atom. The Kier molecular flexibility index (Phi) is 4.25. The van der Waals surface area contributed by atoms with E-state index in [4.69, 9.17) is 4.18 Å². The van der Waals surface area contributed by atoms with Crippen molar-refractivity contribution in [1.82, 2.24) is 0 Å². The number of hydrogen-bond donors (Lipinski definition) is 0. The minimum atomic E-state index is -3.88. The summed E-state index contributed by atoms with van der Waals surface area (Å²) in [4.78, 5) is 11.2. The van der Waals surface area contributed by atoms with Gasteiger partial charge in [0.15, 0.2) is 5.78 Å². The van der Waals surface area contributed by atoms with Crippen LogP contribution in [0.25, 0.3) is 0 Å². The maximum atomic E-state index is 12.1. The van der Waals surface area contributed by atoms with Crippen molar-refractivity contribution in [2.45, 2.75) is 11.8 Å². The van der Waals surface area contributed by atoms with Crippen LogP contribution in [-0.2, 0) is 10.1 Å². The van der Waals surface area contributed by atoms with Gasteiger partial charge in [-0.2, -0.15) is 8.42 Å². The molecule has 0 aromatic heterocycles. The summed E-state index contributed by atoms with van der Waals surface area (Å²) in [5, 5.41) is 0. The number of halogens is 1. The summed E-state index contributed by atoms with van der Waals surface area (Å²) < 4.78 is 29.8. The predicted octanol–water partition coefficient (Wildman–Crippen LogP) is 3.42. The average Bonchev–Trinajstić information content (AvgIpc) is 2.39. The topological polar surface area (TPSA) is 60.4 Å². The van der Waals surface area contributed by atoms with Crippen molar-refractivity contribution in [1.29, 1.82) is 0 Å². The average molecular weight is 355 g/mol. The van der Waals surface area contributed by atoms with Gasteiger partial charge < -0.3 is 4.18 Å². The molecular weight excluding hydrogens is 344 g/mol. The van der Waals surface area contributed by atoms with Crippen molar-refractivity contribution >= 4 is 31.8 Å². The molecule has 0 radical (unpaired) electrons. The third kappa shape index (κ3) is 3.46. The molecule has 0 aliphatic carbocycles. The summed E-state index contributed by atoms with van der Waals surface area (Å²) in [6.45, 7) is 1.44. The van der Waals surface area contributed by atoms with Gasteiger partial charge in [-0.1, -0.05) is 22.0 Å². The molecule has 2 aromatic rings. The lowest BCUT2D eigenvalue weighted by molar-refractivity contribution is 0.101. The zero-order valence-corrected chi connectivity index (χ0v) is 12.9. The Labute approximate surface area is 125 Å². The van der Waals surface area contributed by atoms with E-state index in [1.807, 2.05) is 0 Å². The van der Waals surface area contributed by atoms with Gasteiger partial charge in [-0.05, 0) is 49.4 Å². The van der Waals surface area contributed by atoms with Crippen LogP contribution >= 0.6 is 15.9 Å². The first-order chi connectivity index (χ1) is 9.38. The third-order valence-electron chi connectivity index (χ3n) is 2.55. The van der Waals surface area contributed by atoms with Crippen LogP contribution < -0.4 is 4.18 Å². The molecular formula is C14H11BrO4S. The molecule has 0 N–H and O–H groups in total. The standard InChI is InChI=1S/C14H11BrO4S/c1-10(16)11-5-7-13(8-6-11)19-20(17,18)14-4-2-3-12(15)9-14/h2-9H,1H3. The predicted molar refractivity (Wildman–Crippen MR) is 78.4 cm³/mol. The number of rotatable bonds is 4. The van der Waals surface area contributed by atoms with E-state index in [0.29, 0.717) is 10.0 Å². The monoisotopic (exact) mass is 354 g/mol. The molecule has 104 valence electrons. The van der Waals surface area contributed by atoms with E-state index in [0.717, 1.165) is 0 Å². The maximum Gasteiger partial charge on any atom is 0.339 e. The van der Waals surface area contributed by atoms with Gasteiger partial charge in [0, 0.05) is 10.0 Å². The first kappa shape index (κ1) is 14.7. The van der Waals surface area contributed by atoms with Gasteiger partial charge in [0.25, 0.3) is 0 Å². The van der Waals surface area contributed by atoms with Gasteiger partial charge in [-0.3, -0.25) is 4.79 Å². The highest BCUT2D eigenvalue weighted by Gasteiger charge is 2.16. The van der Waals surface area contributed by atoms with Crippen LogP contribution in [0.1, 0.15) is 17.3 Å². The summed E-state index contributed by atoms with van der Waals surface area (Å²) in [7, 11) is -3.88. The first-order valence-corrected chi connectivity index (χ1v) is 7.90. The van der Waals surface area contributed by atoms with Crippen LogP contribution in [0.5, 0.6) is 5.75 Å². The van der Waals surface area contributed by atoms with Crippen LogP contribution in [-0.4, -0.2) is 14.2 Å². The van der Waals surface area contributed by atoms with Crippen molar-refractivity contribution < 1.29 is 17.4 Å². The Balaban J connectivity index is 2.26. The molecule has 0 amide bonds. The number of Topliss-reactive ketones (excluding diaryl/α,β-unsaturated/α-hetero) is 1. The highest BCUT2D eigenvalue weighted by Crippen LogP contribution is 2.21. The molecule has 6 heteroatoms. The lowest BCUT2D eigenvalue weighted by Crippen LogP contribution is -2.09. The Morgan fingerprint density at radius 3 is 2.30 bits per heavy atom. The summed E-state index contributed by atoms with van der Waals surface area (Å²) in [5.41, 5.74) is 0.497. The van der Waals surface area contributed by atoms with Gasteiger partial charge in [0.2, 0.25) is 0 Å². The Bertz CT molecular complexity index is 736. The van der Waals surface area contributed by atoms with Gasteiger partial charge in [-0.25, -0.2) is 0 Å². The maximum absolute atomic E-state index is 12.1. The molecule has 0 aliphatic rings. The van der Waals surface area contributed by atoms with Crippen molar-refractivity contribution in [3.8, 4) is 5.75 Å². The minimum Gasteiger partial charge on any atom is -0.379 e. The van der Waals surface area contributed by atoms with E-state index in [-0.39, 0.29) is 16.4 Å². The molecule has 2 rings (SSSR count). The summed E-state index contributed by atoms with van der Waals surface area (Å²) >= 11 is 3.21. The smallest absolute Gasteiger partial charge is 0.339 e. The normalized spacial score (nSPS) is 11.1. The SMILES string of the molecule is CC(=O)c1ccc(OS(=O)(=O)c2cccc(Br)c2)cc1. The minimum absolute atomic E-state index is 0.0579. The molecule has 20 heavy (non-hydrogen) atoms. The molecule has 0 saturated carbocycles. The molecule has 0 saturated heterocycles. The van der Waals surface area contributed by atoms with Crippen LogP contribution in [0.2, 0.25) is 0 Å². The van der Waals surface area contributed by atoms with Crippen LogP contribution in [0.15, 0.2) is 57.9 Å². The number of ketones is 1. The molecule has 0 aliphatic heterocycles. The van der Waals surface area contributed by atoms with Crippen molar-refractivity contribution in [2.75, 3.05) is 0 Å². The zero-order valence-electron chi connectivity index (χ0n) is 10.5. The number of benzene rings is 2. The molecule has 0 atom stereocenters. The van der Waals surface area contributed by atoms with Crippen molar-refractivity contribution in [3.63, 3.8) is 0 Å². The lowest BCUT2D eigenvalue weighted by atomic mass is 10.1. The summed E-state index contributed by atoms with van der Waals surface area (Å²) in [6.07, 6.45) is 0. The van der Waals surface area contributed by atoms with Gasteiger partial charge in [-0.15, -0.1) is 0 Å². The van der Waals surface area contributed by atoms with Crippen molar-refractivity contribution in [3.05, 3.63) is 58.6 Å². The van der Waals surface area contributed by atoms with Gasteiger partial charge in [0.05, 0.1) is 0 Å². The summed E-state index contributed by atoms with van der Waals surface area (Å²) in [5.74, 6) is 0.0707. The van der Waals surface area contributed by atoms with E-state index >= 15 is 0 Å². The fourth-order valence-electron chi connectivity index (χ4n) is 1.54. The number of hydrogen-bond acceptors (Lipinski definition) is 4. The lowest BCUT2D eigenvalue weighted by Gasteiger charge is -2.07. The molecule has 0 spiro atoms. The molecule has 0 heterocycles. The van der Waals surface area contributed by atoms with Crippen LogP contribution in [0, 0.1) is 0 Å². The molecule has 2 aromatic carbocycles. The van der Waals surface area contributed by atoms with Gasteiger partial charge >= 0.3 is 10.1 Å². The number of carbonyl (C=O) groups is 1. The van der Waals surface area contributed by atoms with E-state index in [1.54, 1.807) is 12.1 Å². The fourth-order valence-corrected chi connectivity index (χ4v) is 3.07. The quantitative estimate of drug-likeness (QED) is 0.623. The van der Waals surface area contributed by atoms with Crippen LogP contribution in [0.3, 0.4) is 0 Å². The highest BCUT2D eigenvalue weighted by atomic mass is 79.9. The first-order valence-electron chi connectivity index (χ1n) is 5.69. The van der Waals surface area contributed by atoms with Gasteiger partial charge in [0.1, 0.15) is 10.6 Å². The second-order valence-corrected chi connectivity index (χ2v) is 6.54. The van der Waals surface area contributed by atoms with Crippen molar-refractivity contribution in [2.24, 2.45) is 0 Å². The molecule has 4 nitrogen and oxygen atoms in total. The fraction of sp³-hybridized carbons (Fsp3) is 0.0714. The molecule has 0 bridgehead atoms. The van der Waals surface area contributed by atoms with E-state index in [9.17, 15) is 13.2 Å². The van der Waals surface area contributed by atoms with E-state index < -0.39 is 10.1 Å². The van der Waals surface area contributed by atoms with E-state index in [1.165, 1.54) is 43.3 Å². The Morgan fingerprint density at radius 1 is 1.10 bits per heavy atom. The molecule has 0 unspecified atom stereocenters. The zero-order chi connectivity index (χ0) is 14.8. The second-order valence-electron chi connectivity index (χ2n) is 4.08. The largest absolute Gasteiger partial charge is 0.379 e. The second kappa shape index (κ2) is 5.76. The summed E-state index contributed by atoms with van der Waals surface area (Å²) in [6, 6.07) is 12.2. The highest BCUT2D eigenvalue weighted by molar-refractivity contribution is 9.10. The van der Waals surface area contributed by atoms with E-state index in [2.05, 4.69) is 15.9 Å².